The van der Waals surface area contributed by atoms with Gasteiger partial charge in [-0.3, -0.25) is 9.80 Å². The fourth-order valence-corrected chi connectivity index (χ4v) is 4.59. The third-order valence-electron chi connectivity index (χ3n) is 3.60. The van der Waals surface area contributed by atoms with E-state index < -0.39 is 0 Å². The van der Waals surface area contributed by atoms with Gasteiger partial charge >= 0.3 is 0 Å². The molecular formula is C16H36N2S2. The SMILES string of the molecule is CC(C)N(CCSSCCN(C(C)C)C(C)C)C(C)C. The molecule has 0 heterocycles. The molecule has 0 aromatic carbocycles. The molecule has 0 N–H and O–H groups in total. The Balaban J connectivity index is 3.76. The van der Waals surface area contributed by atoms with Crippen molar-refractivity contribution < 1.29 is 0 Å². The highest BCUT2D eigenvalue weighted by Gasteiger charge is 2.14. The second-order valence-corrected chi connectivity index (χ2v) is 9.20. The molecule has 122 valence electrons. The molecule has 0 rings (SSSR count). The van der Waals surface area contributed by atoms with Crippen LogP contribution in [0.15, 0.2) is 0 Å². The number of rotatable bonds is 11. The molecule has 0 saturated heterocycles. The average molecular weight is 321 g/mol. The molecule has 0 atom stereocenters. The maximum atomic E-state index is 2.57. The molecule has 0 fully saturated rings. The standard InChI is InChI=1S/C16H36N2S2/c1-13(2)17(14(3)4)9-11-19-20-12-10-18(15(5)6)16(7)8/h13-16H,9-12H2,1-8H3. The van der Waals surface area contributed by atoms with Crippen LogP contribution in [0.1, 0.15) is 55.4 Å². The first-order valence-electron chi connectivity index (χ1n) is 8.03. The molecule has 2 nitrogen and oxygen atoms in total. The van der Waals surface area contributed by atoms with E-state index in [-0.39, 0.29) is 0 Å². The Kier molecular flexibility index (Phi) is 11.6. The monoisotopic (exact) mass is 320 g/mol. The summed E-state index contributed by atoms with van der Waals surface area (Å²) in [5.41, 5.74) is 0. The van der Waals surface area contributed by atoms with Crippen molar-refractivity contribution in [1.29, 1.82) is 0 Å². The lowest BCUT2D eigenvalue weighted by atomic mass is 10.2. The van der Waals surface area contributed by atoms with Crippen molar-refractivity contribution in [2.75, 3.05) is 24.6 Å². The van der Waals surface area contributed by atoms with Crippen LogP contribution in [0.25, 0.3) is 0 Å². The molecule has 0 aromatic heterocycles. The van der Waals surface area contributed by atoms with Crippen LogP contribution in [0.3, 0.4) is 0 Å². The van der Waals surface area contributed by atoms with Gasteiger partial charge in [-0.25, -0.2) is 0 Å². The Labute approximate surface area is 135 Å². The van der Waals surface area contributed by atoms with E-state index >= 15 is 0 Å². The summed E-state index contributed by atoms with van der Waals surface area (Å²) in [7, 11) is 4.06. The van der Waals surface area contributed by atoms with Gasteiger partial charge in [0.25, 0.3) is 0 Å². The van der Waals surface area contributed by atoms with E-state index in [4.69, 9.17) is 0 Å². The minimum atomic E-state index is 0.651. The highest BCUT2D eigenvalue weighted by Crippen LogP contribution is 2.22. The van der Waals surface area contributed by atoms with E-state index in [1.54, 1.807) is 0 Å². The Morgan fingerprint density at radius 3 is 1.00 bits per heavy atom. The third-order valence-corrected chi connectivity index (χ3v) is 5.97. The number of hydrogen-bond donors (Lipinski definition) is 0. The van der Waals surface area contributed by atoms with Gasteiger partial charge < -0.3 is 0 Å². The maximum Gasteiger partial charge on any atom is 0.0165 e. The summed E-state index contributed by atoms with van der Waals surface area (Å²) in [5, 5.41) is 0. The first-order chi connectivity index (χ1) is 9.27. The van der Waals surface area contributed by atoms with E-state index in [1.807, 2.05) is 21.6 Å². The first kappa shape index (κ1) is 20.6. The fourth-order valence-electron chi connectivity index (χ4n) is 2.63. The molecule has 20 heavy (non-hydrogen) atoms. The van der Waals surface area contributed by atoms with Crippen molar-refractivity contribution in [3.8, 4) is 0 Å². The Morgan fingerprint density at radius 1 is 0.550 bits per heavy atom. The molecular weight excluding hydrogens is 284 g/mol. The van der Waals surface area contributed by atoms with Gasteiger partial charge in [-0.15, -0.1) is 0 Å². The zero-order valence-corrected chi connectivity index (χ0v) is 16.5. The summed E-state index contributed by atoms with van der Waals surface area (Å²) >= 11 is 0. The van der Waals surface area contributed by atoms with Crippen LogP contribution in [0, 0.1) is 0 Å². The van der Waals surface area contributed by atoms with E-state index in [9.17, 15) is 0 Å². The van der Waals surface area contributed by atoms with Gasteiger partial charge in [-0.05, 0) is 55.4 Å². The van der Waals surface area contributed by atoms with Crippen LogP contribution in [-0.4, -0.2) is 58.6 Å². The molecule has 0 aliphatic rings. The topological polar surface area (TPSA) is 6.48 Å². The second kappa shape index (κ2) is 11.2. The predicted molar refractivity (Wildman–Crippen MR) is 98.9 cm³/mol. The molecule has 0 aromatic rings. The highest BCUT2D eigenvalue weighted by atomic mass is 33.1. The lowest BCUT2D eigenvalue weighted by molar-refractivity contribution is 0.187. The summed E-state index contributed by atoms with van der Waals surface area (Å²) in [6.45, 7) is 20.7. The van der Waals surface area contributed by atoms with E-state index in [0.717, 1.165) is 0 Å². The molecule has 0 unspecified atom stereocenters. The molecule has 4 heteroatoms. The van der Waals surface area contributed by atoms with Crippen molar-refractivity contribution >= 4 is 21.6 Å². The first-order valence-corrected chi connectivity index (χ1v) is 10.5. The van der Waals surface area contributed by atoms with Crippen LogP contribution in [-0.2, 0) is 0 Å². The lowest BCUT2D eigenvalue weighted by Gasteiger charge is -2.31. The van der Waals surface area contributed by atoms with Gasteiger partial charge in [-0.1, -0.05) is 21.6 Å². The van der Waals surface area contributed by atoms with Crippen molar-refractivity contribution in [2.45, 2.75) is 79.6 Å². The second-order valence-electron chi connectivity index (χ2n) is 6.49. The largest absolute Gasteiger partial charge is 0.298 e. The molecule has 0 spiro atoms. The molecule has 0 aliphatic carbocycles. The minimum absolute atomic E-state index is 0.651. The van der Waals surface area contributed by atoms with Crippen molar-refractivity contribution in [2.24, 2.45) is 0 Å². The Morgan fingerprint density at radius 2 is 0.800 bits per heavy atom. The lowest BCUT2D eigenvalue weighted by Crippen LogP contribution is -2.38. The Hall–Kier alpha value is 0.620. The predicted octanol–water partition coefficient (Wildman–Crippen LogP) is 4.61. The quantitative estimate of drug-likeness (QED) is 0.405. The van der Waals surface area contributed by atoms with E-state index in [0.29, 0.717) is 24.2 Å². The fraction of sp³-hybridized carbons (Fsp3) is 1.00. The molecule has 0 saturated carbocycles. The van der Waals surface area contributed by atoms with Crippen LogP contribution in [0.5, 0.6) is 0 Å². The number of nitrogens with zero attached hydrogens (tertiary/aromatic N) is 2. The number of hydrogen-bond acceptors (Lipinski definition) is 4. The Bertz CT molecular complexity index is 191. The minimum Gasteiger partial charge on any atom is -0.298 e. The van der Waals surface area contributed by atoms with Crippen LogP contribution in [0.4, 0.5) is 0 Å². The van der Waals surface area contributed by atoms with Gasteiger partial charge in [0.2, 0.25) is 0 Å². The van der Waals surface area contributed by atoms with Gasteiger partial charge in [0.15, 0.2) is 0 Å². The third kappa shape index (κ3) is 8.81. The van der Waals surface area contributed by atoms with Crippen molar-refractivity contribution in [3.63, 3.8) is 0 Å². The maximum absolute atomic E-state index is 2.57. The zero-order valence-electron chi connectivity index (χ0n) is 14.8. The van der Waals surface area contributed by atoms with Crippen LogP contribution in [0.2, 0.25) is 0 Å². The van der Waals surface area contributed by atoms with Gasteiger partial charge in [-0.2, -0.15) is 0 Å². The van der Waals surface area contributed by atoms with Crippen molar-refractivity contribution in [3.05, 3.63) is 0 Å². The normalized spacial score (nSPS) is 12.9. The molecule has 0 bridgehead atoms. The summed E-state index contributed by atoms with van der Waals surface area (Å²) in [6, 6.07) is 2.60. The van der Waals surface area contributed by atoms with Gasteiger partial charge in [0.1, 0.15) is 0 Å². The van der Waals surface area contributed by atoms with Crippen LogP contribution >= 0.6 is 21.6 Å². The summed E-state index contributed by atoms with van der Waals surface area (Å²) in [4.78, 5) is 5.14. The molecule has 0 aliphatic heterocycles. The summed E-state index contributed by atoms with van der Waals surface area (Å²) < 4.78 is 0. The van der Waals surface area contributed by atoms with Gasteiger partial charge in [0.05, 0.1) is 0 Å². The van der Waals surface area contributed by atoms with Crippen molar-refractivity contribution in [1.82, 2.24) is 9.80 Å². The summed E-state index contributed by atoms with van der Waals surface area (Å²) in [5.74, 6) is 2.45. The highest BCUT2D eigenvalue weighted by molar-refractivity contribution is 8.76. The molecule has 0 radical (unpaired) electrons. The average Bonchev–Trinajstić information content (AvgIpc) is 2.30. The van der Waals surface area contributed by atoms with E-state index in [2.05, 4.69) is 65.2 Å². The molecule has 0 amide bonds. The van der Waals surface area contributed by atoms with E-state index in [1.165, 1.54) is 24.6 Å². The smallest absolute Gasteiger partial charge is 0.0165 e. The van der Waals surface area contributed by atoms with Crippen LogP contribution < -0.4 is 0 Å². The zero-order chi connectivity index (χ0) is 15.7. The van der Waals surface area contributed by atoms with Gasteiger partial charge in [0, 0.05) is 48.8 Å². The summed E-state index contributed by atoms with van der Waals surface area (Å²) in [6.07, 6.45) is 0.